The molecule has 0 aliphatic heterocycles. The number of ether oxygens (including phenoxy) is 1. The molecule has 1 N–H and O–H groups in total. The fourth-order valence-corrected chi connectivity index (χ4v) is 3.66. The van der Waals surface area contributed by atoms with E-state index in [1.165, 1.54) is 36.4 Å². The standard InChI is InChI=1S/C21H16FN3O4S/c22-16-11-9-15(10-12-16)20-21(25-30(26,27)17-6-2-1-3-7-17)29-19(24-20)14-28-18-8-4-5-13-23-18/h1-13,25H,14H2. The van der Waals surface area contributed by atoms with E-state index in [4.69, 9.17) is 9.15 Å². The van der Waals surface area contributed by atoms with Gasteiger partial charge in [-0.15, -0.1) is 0 Å². The van der Waals surface area contributed by atoms with Crippen molar-refractivity contribution in [2.24, 2.45) is 0 Å². The van der Waals surface area contributed by atoms with E-state index < -0.39 is 15.8 Å². The van der Waals surface area contributed by atoms with Gasteiger partial charge in [0.15, 0.2) is 6.61 Å². The Kier molecular flexibility index (Phi) is 5.44. The Morgan fingerprint density at radius 3 is 2.40 bits per heavy atom. The van der Waals surface area contributed by atoms with Crippen molar-refractivity contribution in [3.63, 3.8) is 0 Å². The minimum atomic E-state index is -3.92. The molecule has 2 aromatic carbocycles. The van der Waals surface area contributed by atoms with Crippen LogP contribution in [0.1, 0.15) is 5.89 Å². The summed E-state index contributed by atoms with van der Waals surface area (Å²) >= 11 is 0. The van der Waals surface area contributed by atoms with E-state index in [1.54, 1.807) is 42.6 Å². The molecule has 7 nitrogen and oxygen atoms in total. The molecule has 0 fully saturated rings. The minimum absolute atomic E-state index is 0.0674. The predicted molar refractivity (Wildman–Crippen MR) is 108 cm³/mol. The Morgan fingerprint density at radius 1 is 0.967 bits per heavy atom. The maximum Gasteiger partial charge on any atom is 0.264 e. The minimum Gasteiger partial charge on any atom is -0.468 e. The highest BCUT2D eigenvalue weighted by atomic mass is 32.2. The maximum absolute atomic E-state index is 13.3. The molecule has 2 heterocycles. The number of oxazole rings is 1. The van der Waals surface area contributed by atoms with Crippen LogP contribution in [0.25, 0.3) is 11.3 Å². The third-order valence-electron chi connectivity index (χ3n) is 4.05. The first kappa shape index (κ1) is 19.6. The van der Waals surface area contributed by atoms with Gasteiger partial charge in [0.05, 0.1) is 4.90 Å². The van der Waals surface area contributed by atoms with Gasteiger partial charge in [0.25, 0.3) is 10.0 Å². The third kappa shape index (κ3) is 4.47. The van der Waals surface area contributed by atoms with Crippen molar-refractivity contribution in [1.29, 1.82) is 0 Å². The van der Waals surface area contributed by atoms with Crippen LogP contribution < -0.4 is 9.46 Å². The lowest BCUT2D eigenvalue weighted by Gasteiger charge is -2.07. The number of hydrogen-bond donors (Lipinski definition) is 1. The Labute approximate surface area is 172 Å². The highest BCUT2D eigenvalue weighted by Crippen LogP contribution is 2.31. The molecule has 0 spiro atoms. The molecule has 0 aliphatic rings. The summed E-state index contributed by atoms with van der Waals surface area (Å²) < 4.78 is 52.4. The topological polar surface area (TPSA) is 94.3 Å². The van der Waals surface area contributed by atoms with Gasteiger partial charge in [-0.2, -0.15) is 0 Å². The van der Waals surface area contributed by atoms with Gasteiger partial charge in [-0.25, -0.2) is 27.5 Å². The smallest absolute Gasteiger partial charge is 0.264 e. The highest BCUT2D eigenvalue weighted by Gasteiger charge is 2.22. The van der Waals surface area contributed by atoms with Gasteiger partial charge in [0, 0.05) is 17.8 Å². The number of sulfonamides is 1. The second-order valence-electron chi connectivity index (χ2n) is 6.17. The molecule has 0 bridgehead atoms. The van der Waals surface area contributed by atoms with Crippen LogP contribution in [0, 0.1) is 5.82 Å². The zero-order chi connectivity index (χ0) is 21.0. The molecule has 0 saturated carbocycles. The van der Waals surface area contributed by atoms with Crippen molar-refractivity contribution in [2.75, 3.05) is 4.72 Å². The van der Waals surface area contributed by atoms with E-state index in [0.717, 1.165) is 0 Å². The first-order valence-electron chi connectivity index (χ1n) is 8.88. The molecular formula is C21H16FN3O4S. The summed E-state index contributed by atoms with van der Waals surface area (Å²) in [5, 5.41) is 0. The van der Waals surface area contributed by atoms with Crippen molar-refractivity contribution in [2.45, 2.75) is 11.5 Å². The van der Waals surface area contributed by atoms with Gasteiger partial charge >= 0.3 is 0 Å². The Balaban J connectivity index is 1.66. The number of nitrogens with one attached hydrogen (secondary N) is 1. The molecule has 9 heteroatoms. The van der Waals surface area contributed by atoms with Crippen molar-refractivity contribution < 1.29 is 22.0 Å². The van der Waals surface area contributed by atoms with Crippen LogP contribution in [-0.4, -0.2) is 18.4 Å². The normalized spacial score (nSPS) is 11.2. The molecule has 4 rings (SSSR count). The molecular weight excluding hydrogens is 409 g/mol. The predicted octanol–water partition coefficient (Wildman–Crippen LogP) is 4.26. The first-order chi connectivity index (χ1) is 14.5. The molecule has 2 aromatic heterocycles. The zero-order valence-corrected chi connectivity index (χ0v) is 16.3. The Morgan fingerprint density at radius 2 is 1.70 bits per heavy atom. The Bertz CT molecular complexity index is 1230. The summed E-state index contributed by atoms with van der Waals surface area (Å²) in [6.07, 6.45) is 1.58. The lowest BCUT2D eigenvalue weighted by molar-refractivity contribution is 0.255. The second kappa shape index (κ2) is 8.34. The molecule has 30 heavy (non-hydrogen) atoms. The van der Waals surface area contributed by atoms with E-state index >= 15 is 0 Å². The van der Waals surface area contributed by atoms with Gasteiger partial charge in [0.1, 0.15) is 11.5 Å². The van der Waals surface area contributed by atoms with Crippen LogP contribution in [-0.2, 0) is 16.6 Å². The van der Waals surface area contributed by atoms with Gasteiger partial charge < -0.3 is 9.15 Å². The van der Waals surface area contributed by atoms with Gasteiger partial charge in [-0.05, 0) is 42.5 Å². The number of rotatable bonds is 7. The number of halogens is 1. The summed E-state index contributed by atoms with van der Waals surface area (Å²) in [7, 11) is -3.92. The van der Waals surface area contributed by atoms with Crippen molar-refractivity contribution in [3.05, 3.63) is 90.7 Å². The summed E-state index contributed by atoms with van der Waals surface area (Å²) in [5.41, 5.74) is 0.698. The fourth-order valence-electron chi connectivity index (χ4n) is 2.65. The fraction of sp³-hybridized carbons (Fsp3) is 0.0476. The quantitative estimate of drug-likeness (QED) is 0.476. The highest BCUT2D eigenvalue weighted by molar-refractivity contribution is 7.92. The average molecular weight is 425 g/mol. The second-order valence-corrected chi connectivity index (χ2v) is 7.85. The average Bonchev–Trinajstić information content (AvgIpc) is 3.16. The monoisotopic (exact) mass is 425 g/mol. The molecule has 152 valence electrons. The summed E-state index contributed by atoms with van der Waals surface area (Å²) in [5.74, 6) is -0.0198. The lowest BCUT2D eigenvalue weighted by atomic mass is 10.1. The number of benzene rings is 2. The zero-order valence-electron chi connectivity index (χ0n) is 15.5. The summed E-state index contributed by atoms with van der Waals surface area (Å²) in [4.78, 5) is 8.45. The molecule has 0 radical (unpaired) electrons. The van der Waals surface area contributed by atoms with Crippen molar-refractivity contribution in [3.8, 4) is 17.1 Å². The van der Waals surface area contributed by atoms with Gasteiger partial charge in [-0.1, -0.05) is 24.3 Å². The van der Waals surface area contributed by atoms with E-state index in [2.05, 4.69) is 14.7 Å². The van der Waals surface area contributed by atoms with Crippen molar-refractivity contribution >= 4 is 15.9 Å². The molecule has 0 atom stereocenters. The molecule has 0 unspecified atom stereocenters. The number of anilines is 1. The number of aromatic nitrogens is 2. The van der Waals surface area contributed by atoms with Crippen LogP contribution >= 0.6 is 0 Å². The van der Waals surface area contributed by atoms with Crippen LogP contribution in [0.5, 0.6) is 5.88 Å². The van der Waals surface area contributed by atoms with Crippen LogP contribution in [0.4, 0.5) is 10.3 Å². The molecule has 0 saturated heterocycles. The van der Waals surface area contributed by atoms with Gasteiger partial charge in [0.2, 0.25) is 17.7 Å². The lowest BCUT2D eigenvalue weighted by Crippen LogP contribution is -2.12. The molecule has 0 amide bonds. The maximum atomic E-state index is 13.3. The van der Waals surface area contributed by atoms with Gasteiger partial charge in [-0.3, -0.25) is 0 Å². The molecule has 0 aliphatic carbocycles. The SMILES string of the molecule is O=S(=O)(Nc1oc(COc2ccccn2)nc1-c1ccc(F)cc1)c1ccccc1. The van der Waals surface area contributed by atoms with E-state index in [1.807, 2.05) is 0 Å². The van der Waals surface area contributed by atoms with Crippen LogP contribution in [0.15, 0.2) is 88.3 Å². The van der Waals surface area contributed by atoms with E-state index in [-0.39, 0.29) is 29.0 Å². The van der Waals surface area contributed by atoms with Crippen LogP contribution in [0.2, 0.25) is 0 Å². The van der Waals surface area contributed by atoms with E-state index in [9.17, 15) is 12.8 Å². The largest absolute Gasteiger partial charge is 0.468 e. The number of hydrogen-bond acceptors (Lipinski definition) is 6. The van der Waals surface area contributed by atoms with Crippen LogP contribution in [0.3, 0.4) is 0 Å². The molecule has 4 aromatic rings. The Hall–Kier alpha value is -3.72. The van der Waals surface area contributed by atoms with E-state index in [0.29, 0.717) is 11.4 Å². The summed E-state index contributed by atoms with van der Waals surface area (Å²) in [6.45, 7) is -0.0712. The third-order valence-corrected chi connectivity index (χ3v) is 5.40. The summed E-state index contributed by atoms with van der Waals surface area (Å²) in [6, 6.07) is 18.5. The number of pyridine rings is 1. The number of nitrogens with zero attached hydrogens (tertiary/aromatic N) is 2. The van der Waals surface area contributed by atoms with Crippen molar-refractivity contribution in [1.82, 2.24) is 9.97 Å². The first-order valence-corrected chi connectivity index (χ1v) is 10.4.